The van der Waals surface area contributed by atoms with Crippen molar-refractivity contribution in [1.82, 2.24) is 9.80 Å². The summed E-state index contributed by atoms with van der Waals surface area (Å²) in [5.74, 6) is 2.48. The summed E-state index contributed by atoms with van der Waals surface area (Å²) in [6, 6.07) is 14.6. The predicted octanol–water partition coefficient (Wildman–Crippen LogP) is 4.69. The summed E-state index contributed by atoms with van der Waals surface area (Å²) in [6.07, 6.45) is 0.607. The summed E-state index contributed by atoms with van der Waals surface area (Å²) in [7, 11) is 0. The fourth-order valence-corrected chi connectivity index (χ4v) is 5.40. The minimum absolute atomic E-state index is 0.112. The van der Waals surface area contributed by atoms with Crippen molar-refractivity contribution >= 4 is 0 Å². The van der Waals surface area contributed by atoms with Crippen LogP contribution in [0.2, 0.25) is 0 Å². The monoisotopic (exact) mass is 482 g/mol. The lowest BCUT2D eigenvalue weighted by Gasteiger charge is -2.35. The zero-order valence-electron chi connectivity index (χ0n) is 22.0. The Morgan fingerprint density at radius 3 is 2.23 bits per heavy atom. The number of β-amino-alcohol motifs (C(OH)–C–C–N with tert-alkyl or cyclic N) is 1. The molecule has 4 rings (SSSR count). The molecule has 6 nitrogen and oxygen atoms in total. The highest BCUT2D eigenvalue weighted by atomic mass is 16.7. The zero-order valence-corrected chi connectivity index (χ0v) is 22.0. The molecule has 1 N–H and O–H groups in total. The third-order valence-electron chi connectivity index (χ3n) is 6.83. The number of piperazine rings is 1. The molecule has 0 saturated carbocycles. The summed E-state index contributed by atoms with van der Waals surface area (Å²) >= 11 is 0. The van der Waals surface area contributed by atoms with Gasteiger partial charge in [-0.3, -0.25) is 9.80 Å². The maximum atomic E-state index is 10.6. The molecule has 0 bridgehead atoms. The van der Waals surface area contributed by atoms with E-state index in [2.05, 4.69) is 68.7 Å². The molecule has 1 atom stereocenters. The van der Waals surface area contributed by atoms with Gasteiger partial charge >= 0.3 is 0 Å². The Morgan fingerprint density at radius 2 is 1.54 bits per heavy atom. The number of ether oxygens (including phenoxy) is 3. The average molecular weight is 483 g/mol. The third-order valence-corrected chi connectivity index (χ3v) is 6.83. The Bertz CT molecular complexity index is 960. The lowest BCUT2D eigenvalue weighted by atomic mass is 9.72. The minimum Gasteiger partial charge on any atom is -0.491 e. The van der Waals surface area contributed by atoms with Crippen molar-refractivity contribution in [2.24, 2.45) is 5.41 Å². The molecule has 0 aliphatic carbocycles. The average Bonchev–Trinajstić information content (AvgIpc) is 3.26. The van der Waals surface area contributed by atoms with Crippen LogP contribution in [-0.4, -0.2) is 67.1 Å². The molecule has 2 aliphatic rings. The van der Waals surface area contributed by atoms with Gasteiger partial charge in [0.25, 0.3) is 0 Å². The smallest absolute Gasteiger partial charge is 0.231 e. The van der Waals surface area contributed by atoms with Crippen molar-refractivity contribution in [3.05, 3.63) is 53.6 Å². The van der Waals surface area contributed by atoms with E-state index in [-0.39, 0.29) is 10.8 Å². The normalized spacial score (nSPS) is 18.0. The number of benzene rings is 2. The van der Waals surface area contributed by atoms with Gasteiger partial charge in [-0.25, -0.2) is 0 Å². The van der Waals surface area contributed by atoms with E-state index in [1.54, 1.807) is 0 Å². The van der Waals surface area contributed by atoms with Crippen molar-refractivity contribution in [3.8, 4) is 17.2 Å². The largest absolute Gasteiger partial charge is 0.491 e. The van der Waals surface area contributed by atoms with Gasteiger partial charge in [0.2, 0.25) is 6.79 Å². The Kier molecular flexibility index (Phi) is 7.94. The highest BCUT2D eigenvalue weighted by Gasteiger charge is 2.27. The maximum absolute atomic E-state index is 10.6. The molecule has 2 aromatic carbocycles. The highest BCUT2D eigenvalue weighted by Crippen LogP contribution is 2.36. The molecule has 1 fully saturated rings. The second-order valence-corrected chi connectivity index (χ2v) is 11.9. The predicted molar refractivity (Wildman–Crippen MR) is 139 cm³/mol. The van der Waals surface area contributed by atoms with Gasteiger partial charge in [-0.15, -0.1) is 0 Å². The van der Waals surface area contributed by atoms with Crippen molar-refractivity contribution in [2.45, 2.75) is 59.1 Å². The van der Waals surface area contributed by atoms with Gasteiger partial charge in [0.1, 0.15) is 18.5 Å². The third kappa shape index (κ3) is 7.35. The maximum Gasteiger partial charge on any atom is 0.231 e. The number of fused-ring (bicyclic) bond motifs is 1. The van der Waals surface area contributed by atoms with Crippen LogP contribution in [0.25, 0.3) is 0 Å². The summed E-state index contributed by atoms with van der Waals surface area (Å²) in [4.78, 5) is 4.77. The van der Waals surface area contributed by atoms with Crippen LogP contribution in [0.4, 0.5) is 0 Å². The first-order chi connectivity index (χ1) is 16.6. The Morgan fingerprint density at radius 1 is 0.886 bits per heavy atom. The molecule has 2 aliphatic heterocycles. The van der Waals surface area contributed by atoms with E-state index in [4.69, 9.17) is 14.2 Å². The minimum atomic E-state index is -0.507. The van der Waals surface area contributed by atoms with Gasteiger partial charge in [0.15, 0.2) is 11.5 Å². The topological polar surface area (TPSA) is 54.4 Å². The number of rotatable bonds is 9. The van der Waals surface area contributed by atoms with Gasteiger partial charge in [-0.2, -0.15) is 0 Å². The number of nitrogens with zero attached hydrogens (tertiary/aromatic N) is 2. The van der Waals surface area contributed by atoms with Crippen LogP contribution in [0.1, 0.15) is 52.2 Å². The fourth-order valence-electron chi connectivity index (χ4n) is 5.40. The molecular weight excluding hydrogens is 440 g/mol. The van der Waals surface area contributed by atoms with Gasteiger partial charge < -0.3 is 19.3 Å². The van der Waals surface area contributed by atoms with Crippen LogP contribution >= 0.6 is 0 Å². The van der Waals surface area contributed by atoms with Gasteiger partial charge in [-0.1, -0.05) is 52.8 Å². The van der Waals surface area contributed by atoms with Crippen LogP contribution in [0.5, 0.6) is 17.2 Å². The first-order valence-electron chi connectivity index (χ1n) is 12.8. The van der Waals surface area contributed by atoms with Crippen LogP contribution in [0.15, 0.2) is 42.5 Å². The molecule has 1 unspecified atom stereocenters. The molecule has 1 saturated heterocycles. The molecule has 0 radical (unpaired) electrons. The lowest BCUT2D eigenvalue weighted by molar-refractivity contribution is 0.0446. The standard InChI is InChI=1S/C29H42N2O4/c1-28(2,3)20-29(4,5)23-7-9-25(10-8-23)33-19-24(32)18-31-14-12-30(13-15-31)17-22-6-11-26-27(16-22)35-21-34-26/h6-11,16,24,32H,12-15,17-21H2,1-5H3. The van der Waals surface area contributed by atoms with Gasteiger partial charge in [0.05, 0.1) is 0 Å². The molecule has 0 spiro atoms. The van der Waals surface area contributed by atoms with Crippen LogP contribution < -0.4 is 14.2 Å². The van der Waals surface area contributed by atoms with E-state index in [0.717, 1.165) is 56.4 Å². The number of aliphatic hydroxyl groups is 1. The Hall–Kier alpha value is -2.28. The lowest BCUT2D eigenvalue weighted by Crippen LogP contribution is -2.48. The number of aliphatic hydroxyl groups excluding tert-OH is 1. The van der Waals surface area contributed by atoms with Crippen LogP contribution in [0.3, 0.4) is 0 Å². The van der Waals surface area contributed by atoms with Crippen LogP contribution in [0, 0.1) is 5.41 Å². The number of hydrogen-bond donors (Lipinski definition) is 1. The van der Waals surface area contributed by atoms with Crippen molar-refractivity contribution in [2.75, 3.05) is 46.1 Å². The fraction of sp³-hybridized carbons (Fsp3) is 0.586. The summed E-state index contributed by atoms with van der Waals surface area (Å²) < 4.78 is 16.8. The summed E-state index contributed by atoms with van der Waals surface area (Å²) in [5, 5.41) is 10.6. The molecule has 2 aromatic rings. The molecule has 2 heterocycles. The molecular formula is C29H42N2O4. The molecule has 192 valence electrons. The zero-order chi connectivity index (χ0) is 25.1. The second kappa shape index (κ2) is 10.8. The van der Waals surface area contributed by atoms with Crippen molar-refractivity contribution in [3.63, 3.8) is 0 Å². The van der Waals surface area contributed by atoms with Gasteiger partial charge in [-0.05, 0) is 52.6 Å². The number of hydrogen-bond acceptors (Lipinski definition) is 6. The van der Waals surface area contributed by atoms with E-state index < -0.39 is 6.10 Å². The first kappa shape index (κ1) is 25.8. The van der Waals surface area contributed by atoms with Crippen LogP contribution in [-0.2, 0) is 12.0 Å². The quantitative estimate of drug-likeness (QED) is 0.560. The summed E-state index contributed by atoms with van der Waals surface area (Å²) in [5.41, 5.74) is 2.95. The van der Waals surface area contributed by atoms with E-state index >= 15 is 0 Å². The molecule has 35 heavy (non-hydrogen) atoms. The van der Waals surface area contributed by atoms with E-state index in [1.807, 2.05) is 18.2 Å². The summed E-state index contributed by atoms with van der Waals surface area (Å²) in [6.45, 7) is 17.5. The van der Waals surface area contributed by atoms with Gasteiger partial charge in [0, 0.05) is 39.3 Å². The Balaban J connectivity index is 1.17. The molecule has 6 heteroatoms. The van der Waals surface area contributed by atoms with Crippen molar-refractivity contribution < 1.29 is 19.3 Å². The van der Waals surface area contributed by atoms with E-state index in [0.29, 0.717) is 19.9 Å². The first-order valence-corrected chi connectivity index (χ1v) is 12.8. The SMILES string of the molecule is CC(C)(C)CC(C)(C)c1ccc(OCC(O)CN2CCN(Cc3ccc4c(c3)OCO4)CC2)cc1. The second-order valence-electron chi connectivity index (χ2n) is 11.9. The molecule has 0 aromatic heterocycles. The van der Waals surface area contributed by atoms with E-state index in [9.17, 15) is 5.11 Å². The van der Waals surface area contributed by atoms with Crippen molar-refractivity contribution in [1.29, 1.82) is 0 Å². The van der Waals surface area contributed by atoms with E-state index in [1.165, 1.54) is 11.1 Å². The Labute approximate surface area is 210 Å². The highest BCUT2D eigenvalue weighted by molar-refractivity contribution is 5.44. The molecule has 0 amide bonds.